The fraction of sp³-hybridized carbons (Fsp3) is 0.154. The van der Waals surface area contributed by atoms with Gasteiger partial charge < -0.3 is 0 Å². The number of hydrogen-bond acceptors (Lipinski definition) is 2. The lowest BCUT2D eigenvalue weighted by molar-refractivity contribution is 1.23. The van der Waals surface area contributed by atoms with Crippen molar-refractivity contribution in [2.24, 2.45) is 0 Å². The number of halogens is 1. The van der Waals surface area contributed by atoms with Crippen molar-refractivity contribution in [2.45, 2.75) is 13.3 Å². The van der Waals surface area contributed by atoms with E-state index in [0.717, 1.165) is 20.9 Å². The Morgan fingerprint density at radius 2 is 2.06 bits per heavy atom. The Bertz CT molecular complexity index is 468. The van der Waals surface area contributed by atoms with Crippen molar-refractivity contribution in [2.75, 3.05) is 0 Å². The predicted octanol–water partition coefficient (Wildman–Crippen LogP) is 4.47. The van der Waals surface area contributed by atoms with Gasteiger partial charge in [0.05, 0.1) is 9.48 Å². The summed E-state index contributed by atoms with van der Waals surface area (Å²) in [6.07, 6.45) is 5.19. The minimum atomic E-state index is 0.955. The van der Waals surface area contributed by atoms with E-state index >= 15 is 0 Å². The van der Waals surface area contributed by atoms with E-state index in [0.29, 0.717) is 0 Å². The minimum Gasteiger partial charge on any atom is -0.241 e. The number of benzene rings is 1. The van der Waals surface area contributed by atoms with Crippen LogP contribution in [0.2, 0.25) is 0 Å². The topological polar surface area (TPSA) is 12.9 Å². The Morgan fingerprint density at radius 1 is 1.31 bits per heavy atom. The first-order valence-electron chi connectivity index (χ1n) is 5.09. The molecule has 0 saturated heterocycles. The first-order chi connectivity index (χ1) is 7.75. The van der Waals surface area contributed by atoms with Crippen LogP contribution in [0.15, 0.2) is 40.2 Å². The summed E-state index contributed by atoms with van der Waals surface area (Å²) in [6, 6.07) is 10.4. The molecule has 16 heavy (non-hydrogen) atoms. The Hall–Kier alpha value is -0.930. The van der Waals surface area contributed by atoms with E-state index in [1.54, 1.807) is 11.3 Å². The highest BCUT2D eigenvalue weighted by Gasteiger charge is 2.00. The molecule has 0 amide bonds. The van der Waals surface area contributed by atoms with Crippen LogP contribution in [0, 0.1) is 6.92 Å². The van der Waals surface area contributed by atoms with Crippen LogP contribution in [-0.4, -0.2) is 4.98 Å². The summed E-state index contributed by atoms with van der Waals surface area (Å²) in [6.45, 7) is 2.01. The van der Waals surface area contributed by atoms with Crippen LogP contribution in [0.3, 0.4) is 0 Å². The largest absolute Gasteiger partial charge is 0.241 e. The molecule has 3 heteroatoms. The van der Waals surface area contributed by atoms with E-state index in [1.807, 2.05) is 13.0 Å². The predicted molar refractivity (Wildman–Crippen MR) is 73.7 cm³/mol. The molecule has 0 spiro atoms. The van der Waals surface area contributed by atoms with Gasteiger partial charge in [0.1, 0.15) is 5.01 Å². The molecule has 0 saturated carbocycles. The van der Waals surface area contributed by atoms with Gasteiger partial charge in [-0.05, 0) is 40.9 Å². The number of aromatic nitrogens is 1. The van der Waals surface area contributed by atoms with Gasteiger partial charge in [-0.3, -0.25) is 0 Å². The highest BCUT2D eigenvalue weighted by molar-refractivity contribution is 9.11. The lowest BCUT2D eigenvalue weighted by Gasteiger charge is -1.93. The maximum atomic E-state index is 4.43. The van der Waals surface area contributed by atoms with E-state index in [-0.39, 0.29) is 0 Å². The summed E-state index contributed by atoms with van der Waals surface area (Å²) in [5, 5.41) is 1.06. The minimum absolute atomic E-state index is 0.955. The van der Waals surface area contributed by atoms with E-state index < -0.39 is 0 Å². The average Bonchev–Trinajstić information content (AvgIpc) is 2.60. The third-order valence-electron chi connectivity index (χ3n) is 2.21. The van der Waals surface area contributed by atoms with Crippen molar-refractivity contribution in [3.05, 3.63) is 56.5 Å². The lowest BCUT2D eigenvalue weighted by Crippen LogP contribution is -1.78. The van der Waals surface area contributed by atoms with E-state index in [2.05, 4.69) is 57.3 Å². The second kappa shape index (κ2) is 5.41. The third kappa shape index (κ3) is 3.03. The van der Waals surface area contributed by atoms with Gasteiger partial charge in [-0.1, -0.05) is 36.4 Å². The van der Waals surface area contributed by atoms with Gasteiger partial charge in [0.2, 0.25) is 0 Å². The van der Waals surface area contributed by atoms with Crippen LogP contribution in [0.4, 0.5) is 0 Å². The standard InChI is InChI=1S/C13H12BrNS/c1-10-13(14)16-12(15-10)9-5-8-11-6-3-2-4-7-11/h2-7,9H,8H2,1H3. The molecule has 0 radical (unpaired) electrons. The summed E-state index contributed by atoms with van der Waals surface area (Å²) < 4.78 is 1.12. The van der Waals surface area contributed by atoms with Gasteiger partial charge in [-0.15, -0.1) is 11.3 Å². The van der Waals surface area contributed by atoms with Crippen LogP contribution in [-0.2, 0) is 6.42 Å². The van der Waals surface area contributed by atoms with Gasteiger partial charge >= 0.3 is 0 Å². The SMILES string of the molecule is Cc1nc(C=CCc2ccccc2)sc1Br. The molecule has 2 aromatic rings. The summed E-state index contributed by atoms with van der Waals surface area (Å²) >= 11 is 5.14. The molecule has 0 aliphatic heterocycles. The normalized spacial score (nSPS) is 11.1. The van der Waals surface area contributed by atoms with Crippen molar-refractivity contribution in [3.8, 4) is 0 Å². The smallest absolute Gasteiger partial charge is 0.117 e. The highest BCUT2D eigenvalue weighted by Crippen LogP contribution is 2.24. The molecule has 1 nitrogen and oxygen atoms in total. The van der Waals surface area contributed by atoms with E-state index in [1.165, 1.54) is 5.56 Å². The molecule has 0 N–H and O–H groups in total. The summed E-state index contributed by atoms with van der Waals surface area (Å²) in [4.78, 5) is 4.43. The number of nitrogens with zero attached hydrogens (tertiary/aromatic N) is 1. The number of thiazole rings is 1. The van der Waals surface area contributed by atoms with Gasteiger partial charge in [-0.2, -0.15) is 0 Å². The number of hydrogen-bond donors (Lipinski definition) is 0. The van der Waals surface area contributed by atoms with Crippen LogP contribution < -0.4 is 0 Å². The van der Waals surface area contributed by atoms with E-state index in [9.17, 15) is 0 Å². The monoisotopic (exact) mass is 293 g/mol. The maximum Gasteiger partial charge on any atom is 0.117 e. The van der Waals surface area contributed by atoms with Crippen molar-refractivity contribution in [1.82, 2.24) is 4.98 Å². The number of allylic oxidation sites excluding steroid dienone is 1. The zero-order valence-electron chi connectivity index (χ0n) is 8.98. The molecule has 2 rings (SSSR count). The molecule has 0 aliphatic rings. The Labute approximate surface area is 108 Å². The first-order valence-corrected chi connectivity index (χ1v) is 6.70. The molecular weight excluding hydrogens is 282 g/mol. The zero-order chi connectivity index (χ0) is 11.4. The summed E-state index contributed by atoms with van der Waals surface area (Å²) in [7, 11) is 0. The highest BCUT2D eigenvalue weighted by atomic mass is 79.9. The molecule has 0 fully saturated rings. The molecule has 82 valence electrons. The summed E-state index contributed by atoms with van der Waals surface area (Å²) in [5.74, 6) is 0. The van der Waals surface area contributed by atoms with Gasteiger partial charge in [0.15, 0.2) is 0 Å². The van der Waals surface area contributed by atoms with E-state index in [4.69, 9.17) is 0 Å². The van der Waals surface area contributed by atoms with Crippen molar-refractivity contribution >= 4 is 33.3 Å². The number of rotatable bonds is 3. The molecule has 0 aliphatic carbocycles. The van der Waals surface area contributed by atoms with Crippen molar-refractivity contribution in [1.29, 1.82) is 0 Å². The van der Waals surface area contributed by atoms with Gasteiger partial charge in [-0.25, -0.2) is 4.98 Å². The first kappa shape index (κ1) is 11.6. The zero-order valence-corrected chi connectivity index (χ0v) is 11.4. The lowest BCUT2D eigenvalue weighted by atomic mass is 10.1. The molecular formula is C13H12BrNS. The number of aryl methyl sites for hydroxylation is 1. The quantitative estimate of drug-likeness (QED) is 0.814. The van der Waals surface area contributed by atoms with Gasteiger partial charge in [0, 0.05) is 0 Å². The van der Waals surface area contributed by atoms with Crippen LogP contribution >= 0.6 is 27.3 Å². The van der Waals surface area contributed by atoms with Crippen molar-refractivity contribution in [3.63, 3.8) is 0 Å². The van der Waals surface area contributed by atoms with Crippen molar-refractivity contribution < 1.29 is 0 Å². The van der Waals surface area contributed by atoms with Gasteiger partial charge in [0.25, 0.3) is 0 Å². The third-order valence-corrected chi connectivity index (χ3v) is 4.18. The second-order valence-electron chi connectivity index (χ2n) is 3.50. The molecule has 1 aromatic carbocycles. The Balaban J connectivity index is 2.00. The Kier molecular flexibility index (Phi) is 3.91. The molecule has 0 unspecified atom stereocenters. The van der Waals surface area contributed by atoms with Crippen LogP contribution in [0.1, 0.15) is 16.3 Å². The molecule has 1 heterocycles. The second-order valence-corrected chi connectivity index (χ2v) is 5.85. The molecule has 0 atom stereocenters. The maximum absolute atomic E-state index is 4.43. The summed E-state index contributed by atoms with van der Waals surface area (Å²) in [5.41, 5.74) is 2.38. The molecule has 1 aromatic heterocycles. The average molecular weight is 294 g/mol. The Morgan fingerprint density at radius 3 is 2.69 bits per heavy atom. The fourth-order valence-electron chi connectivity index (χ4n) is 1.38. The van der Waals surface area contributed by atoms with Crippen LogP contribution in [0.5, 0.6) is 0 Å². The molecule has 0 bridgehead atoms. The fourth-order valence-corrected chi connectivity index (χ4v) is 2.69. The van der Waals surface area contributed by atoms with Crippen LogP contribution in [0.25, 0.3) is 6.08 Å².